The number of hydrogen-bond acceptors (Lipinski definition) is 2. The third kappa shape index (κ3) is 1.53. The number of hydrogen-bond donors (Lipinski definition) is 0. The van der Waals surface area contributed by atoms with E-state index in [2.05, 4.69) is 10.7 Å². The first-order chi connectivity index (χ1) is 4.43. The molecule has 3 heteroatoms. The van der Waals surface area contributed by atoms with Gasteiger partial charge in [-0.2, -0.15) is 0 Å². The summed E-state index contributed by atoms with van der Waals surface area (Å²) in [6.45, 7) is 0. The maximum Gasteiger partial charge on any atom is 0.513 e. The highest BCUT2D eigenvalue weighted by Crippen LogP contribution is 2.01. The highest BCUT2D eigenvalue weighted by atomic mass is 16.3. The normalized spacial score (nSPS) is 8.44. The van der Waals surface area contributed by atoms with E-state index >= 15 is 0 Å². The molecule has 0 heterocycles. The molecule has 0 aliphatic rings. The number of rotatable bonds is 2. The molecule has 2 radical (unpaired) electrons. The zero-order chi connectivity index (χ0) is 6.53. The zero-order valence-corrected chi connectivity index (χ0v) is 4.69. The van der Waals surface area contributed by atoms with Crippen LogP contribution in [0, 0.1) is 4.91 Å². The molecule has 9 heavy (non-hydrogen) atoms. The summed E-state index contributed by atoms with van der Waals surface area (Å²) < 4.78 is 0. The van der Waals surface area contributed by atoms with Gasteiger partial charge in [-0.1, -0.05) is 18.2 Å². The molecule has 0 aromatic heterocycles. The number of nitrogens with zero attached hydrogens (tertiary/aromatic N) is 2. The molecule has 1 aromatic carbocycles. The molecule has 1 rings (SSSR count). The number of benzene rings is 1. The summed E-state index contributed by atoms with van der Waals surface area (Å²) in [6.07, 6.45) is 0. The van der Waals surface area contributed by atoms with Crippen LogP contribution in [0.4, 0.5) is 5.69 Å². The van der Waals surface area contributed by atoms with Gasteiger partial charge < -0.3 is 0 Å². The van der Waals surface area contributed by atoms with Gasteiger partial charge in [-0.25, -0.2) is 0 Å². The molecule has 1 aromatic rings. The molecule has 0 spiro atoms. The SMILES string of the molecule is O=[N+][N]c1ccccc1. The van der Waals surface area contributed by atoms with E-state index in [1.54, 1.807) is 24.3 Å². The standard InChI is InChI=1S/C6H5N2O/c9-8-7-6-4-2-1-3-5-6/h1-5H/q+1. The van der Waals surface area contributed by atoms with E-state index < -0.39 is 0 Å². The zero-order valence-electron chi connectivity index (χ0n) is 4.69. The van der Waals surface area contributed by atoms with Crippen molar-refractivity contribution in [1.29, 1.82) is 0 Å². The first-order valence-corrected chi connectivity index (χ1v) is 2.52. The molecular formula is C6H5N2O+. The Balaban J connectivity index is 2.72. The van der Waals surface area contributed by atoms with Gasteiger partial charge in [0.05, 0.1) is 0 Å². The first kappa shape index (κ1) is 5.75. The van der Waals surface area contributed by atoms with Gasteiger partial charge in [0.25, 0.3) is 0 Å². The molecule has 0 aliphatic heterocycles. The smallest absolute Gasteiger partial charge is 0.0621 e. The number of nitroso groups, excluding NO2 is 1. The Kier molecular flexibility index (Phi) is 1.80. The molecule has 0 unspecified atom stereocenters. The van der Waals surface area contributed by atoms with Crippen LogP contribution in [0.15, 0.2) is 30.3 Å². The van der Waals surface area contributed by atoms with Crippen molar-refractivity contribution in [1.82, 2.24) is 10.7 Å². The first-order valence-electron chi connectivity index (χ1n) is 2.52. The van der Waals surface area contributed by atoms with Crippen molar-refractivity contribution in [3.63, 3.8) is 0 Å². The Morgan fingerprint density at radius 1 is 1.22 bits per heavy atom. The van der Waals surface area contributed by atoms with Crippen LogP contribution in [0.3, 0.4) is 0 Å². The highest BCUT2D eigenvalue weighted by Gasteiger charge is 1.99. The van der Waals surface area contributed by atoms with Crippen molar-refractivity contribution < 1.29 is 0 Å². The Bertz CT molecular complexity index is 186. The summed E-state index contributed by atoms with van der Waals surface area (Å²) in [7, 11) is 0. The largest absolute Gasteiger partial charge is 0.513 e. The second kappa shape index (κ2) is 2.81. The van der Waals surface area contributed by atoms with Crippen molar-refractivity contribution in [2.24, 2.45) is 0 Å². The van der Waals surface area contributed by atoms with Crippen molar-refractivity contribution in [2.45, 2.75) is 0 Å². The summed E-state index contributed by atoms with van der Waals surface area (Å²) >= 11 is 0. The van der Waals surface area contributed by atoms with Gasteiger partial charge in [0.1, 0.15) is 16.0 Å². The maximum absolute atomic E-state index is 9.56. The lowest BCUT2D eigenvalue weighted by molar-refractivity contribution is 0.840. The van der Waals surface area contributed by atoms with Crippen LogP contribution < -0.4 is 10.7 Å². The molecular weight excluding hydrogens is 116 g/mol. The Labute approximate surface area is 52.6 Å². The predicted molar refractivity (Wildman–Crippen MR) is 33.7 cm³/mol. The molecule has 3 nitrogen and oxygen atoms in total. The second-order valence-corrected chi connectivity index (χ2v) is 1.52. The fourth-order valence-corrected chi connectivity index (χ4v) is 0.542. The summed E-state index contributed by atoms with van der Waals surface area (Å²) in [5.74, 6) is 0. The van der Waals surface area contributed by atoms with Crippen LogP contribution in [0.25, 0.3) is 0 Å². The topological polar surface area (TPSA) is 45.3 Å². The van der Waals surface area contributed by atoms with Crippen LogP contribution in [0.1, 0.15) is 0 Å². The lowest BCUT2D eigenvalue weighted by Crippen LogP contribution is -1.94. The van der Waals surface area contributed by atoms with Crippen molar-refractivity contribution in [3.8, 4) is 0 Å². The van der Waals surface area contributed by atoms with E-state index in [9.17, 15) is 4.91 Å². The van der Waals surface area contributed by atoms with Crippen LogP contribution in [-0.2, 0) is 0 Å². The fraction of sp³-hybridized carbons (Fsp3) is 0. The van der Waals surface area contributed by atoms with Gasteiger partial charge >= 0.3 is 5.29 Å². The average molecular weight is 121 g/mol. The third-order valence-corrected chi connectivity index (χ3v) is 0.912. The lowest BCUT2D eigenvalue weighted by atomic mass is 10.3. The Morgan fingerprint density at radius 3 is 2.44 bits per heavy atom. The molecule has 0 saturated heterocycles. The molecule has 0 atom stereocenters. The molecule has 0 saturated carbocycles. The molecule has 0 bridgehead atoms. The minimum atomic E-state index is 0.590. The van der Waals surface area contributed by atoms with Crippen molar-refractivity contribution in [2.75, 3.05) is 0 Å². The van der Waals surface area contributed by atoms with Gasteiger partial charge in [-0.05, 0) is 12.1 Å². The van der Waals surface area contributed by atoms with Crippen LogP contribution in [-0.4, -0.2) is 0 Å². The molecule has 44 valence electrons. The highest BCUT2D eigenvalue weighted by molar-refractivity contribution is 5.33. The summed E-state index contributed by atoms with van der Waals surface area (Å²) in [6, 6.07) is 8.86. The van der Waals surface area contributed by atoms with E-state index in [0.29, 0.717) is 5.69 Å². The Hall–Kier alpha value is -1.38. The minimum Gasteiger partial charge on any atom is -0.0621 e. The molecule has 0 fully saturated rings. The molecule has 0 aliphatic carbocycles. The fourth-order valence-electron chi connectivity index (χ4n) is 0.542. The average Bonchev–Trinajstić information content (AvgIpc) is 1.91. The summed E-state index contributed by atoms with van der Waals surface area (Å²) in [5.41, 5.74) is 3.87. The van der Waals surface area contributed by atoms with Crippen LogP contribution >= 0.6 is 0 Å². The molecule has 0 amide bonds. The molecule has 0 N–H and O–H groups in total. The van der Waals surface area contributed by atoms with Gasteiger partial charge in [0.15, 0.2) is 0 Å². The minimum absolute atomic E-state index is 0.590. The van der Waals surface area contributed by atoms with Gasteiger partial charge in [0, 0.05) is 0 Å². The third-order valence-electron chi connectivity index (χ3n) is 0.912. The Morgan fingerprint density at radius 2 is 1.89 bits per heavy atom. The van der Waals surface area contributed by atoms with Gasteiger partial charge in [-0.3, -0.25) is 0 Å². The van der Waals surface area contributed by atoms with E-state index in [1.807, 2.05) is 6.07 Å². The quantitative estimate of drug-likeness (QED) is 0.537. The summed E-state index contributed by atoms with van der Waals surface area (Å²) in [4.78, 5) is 9.56. The van der Waals surface area contributed by atoms with E-state index in [4.69, 9.17) is 0 Å². The van der Waals surface area contributed by atoms with Gasteiger partial charge in [-0.15, -0.1) is 0 Å². The van der Waals surface area contributed by atoms with E-state index in [1.165, 1.54) is 0 Å². The van der Waals surface area contributed by atoms with Crippen molar-refractivity contribution in [3.05, 3.63) is 35.2 Å². The van der Waals surface area contributed by atoms with E-state index in [0.717, 1.165) is 0 Å². The van der Waals surface area contributed by atoms with Gasteiger partial charge in [0.2, 0.25) is 0 Å². The van der Waals surface area contributed by atoms with Crippen molar-refractivity contribution >= 4 is 5.69 Å². The monoisotopic (exact) mass is 121 g/mol. The predicted octanol–water partition coefficient (Wildman–Crippen LogP) is 0.940. The summed E-state index contributed by atoms with van der Waals surface area (Å²) in [5, 5.41) is 2.38. The second-order valence-electron chi connectivity index (χ2n) is 1.52. The van der Waals surface area contributed by atoms with Crippen LogP contribution in [0.5, 0.6) is 0 Å². The van der Waals surface area contributed by atoms with E-state index in [-0.39, 0.29) is 0 Å². The lowest BCUT2D eigenvalue weighted by Gasteiger charge is -1.79. The van der Waals surface area contributed by atoms with Crippen LogP contribution in [0.2, 0.25) is 0 Å². The maximum atomic E-state index is 9.56.